The van der Waals surface area contributed by atoms with Gasteiger partial charge in [-0.1, -0.05) is 18.2 Å². The number of nitrogens with zero attached hydrogens (tertiary/aromatic N) is 4. The van der Waals surface area contributed by atoms with Gasteiger partial charge >= 0.3 is 0 Å². The lowest BCUT2D eigenvalue weighted by Gasteiger charge is -2.25. The van der Waals surface area contributed by atoms with Gasteiger partial charge in [0.1, 0.15) is 23.6 Å². The Bertz CT molecular complexity index is 1720. The third-order valence-corrected chi connectivity index (χ3v) is 8.71. The van der Waals surface area contributed by atoms with Crippen molar-refractivity contribution >= 4 is 20.9 Å². The molecule has 3 aromatic heterocycles. The fraction of sp³-hybridized carbons (Fsp3) is 0.222. The molecule has 7 nitrogen and oxygen atoms in total. The Balaban J connectivity index is 1.37. The highest BCUT2D eigenvalue weighted by molar-refractivity contribution is 7.92. The number of furan rings is 1. The molecule has 2 fully saturated rings. The number of fused-ring (bicyclic) bond motifs is 1. The van der Waals surface area contributed by atoms with Crippen molar-refractivity contribution < 1.29 is 17.2 Å². The highest BCUT2D eigenvalue weighted by Crippen LogP contribution is 2.42. The molecule has 5 aromatic rings. The zero-order valence-corrected chi connectivity index (χ0v) is 20.0. The Hall–Kier alpha value is -3.85. The normalized spacial score (nSPS) is 17.4. The molecule has 1 saturated carbocycles. The number of sulfone groups is 1. The quantitative estimate of drug-likeness (QED) is 0.321. The first kappa shape index (κ1) is 21.4. The SMILES string of the molecule is O=S1(=O)CC(n2cc(-c3ncnc4oc(-c5cccc(C6CC6)c5)cc34)c(-c3ccc(F)cc3)n2)C1. The second-order valence-electron chi connectivity index (χ2n) is 9.56. The monoisotopic (exact) mass is 500 g/mol. The van der Waals surface area contributed by atoms with Gasteiger partial charge in [0.05, 0.1) is 28.6 Å². The topological polar surface area (TPSA) is 90.9 Å². The van der Waals surface area contributed by atoms with Crippen LogP contribution in [0, 0.1) is 5.82 Å². The fourth-order valence-electron chi connectivity index (χ4n) is 4.84. The van der Waals surface area contributed by atoms with Crippen molar-refractivity contribution in [3.8, 4) is 33.8 Å². The molecule has 0 amide bonds. The lowest BCUT2D eigenvalue weighted by atomic mass is 10.0. The lowest BCUT2D eigenvalue weighted by molar-refractivity contribution is 0.474. The summed E-state index contributed by atoms with van der Waals surface area (Å²) in [7, 11) is -3.04. The van der Waals surface area contributed by atoms with Crippen LogP contribution in [-0.4, -0.2) is 39.7 Å². The zero-order chi connectivity index (χ0) is 24.4. The van der Waals surface area contributed by atoms with E-state index in [4.69, 9.17) is 9.52 Å². The van der Waals surface area contributed by atoms with Crippen LogP contribution in [0.25, 0.3) is 44.9 Å². The van der Waals surface area contributed by atoms with Crippen molar-refractivity contribution in [1.82, 2.24) is 19.7 Å². The Kier molecular flexibility index (Phi) is 4.66. The first-order valence-electron chi connectivity index (χ1n) is 11.8. The van der Waals surface area contributed by atoms with Crippen molar-refractivity contribution in [2.45, 2.75) is 24.8 Å². The molecule has 0 bridgehead atoms. The van der Waals surface area contributed by atoms with E-state index in [1.165, 1.54) is 36.9 Å². The summed E-state index contributed by atoms with van der Waals surface area (Å²) in [6.45, 7) is 0. The number of benzene rings is 2. The van der Waals surface area contributed by atoms with Crippen LogP contribution < -0.4 is 0 Å². The number of halogens is 1. The van der Waals surface area contributed by atoms with Gasteiger partial charge in [-0.05, 0) is 60.7 Å². The maximum atomic E-state index is 13.6. The van der Waals surface area contributed by atoms with E-state index >= 15 is 0 Å². The summed E-state index contributed by atoms with van der Waals surface area (Å²) >= 11 is 0. The summed E-state index contributed by atoms with van der Waals surface area (Å²) in [6, 6.07) is 16.2. The molecule has 0 atom stereocenters. The summed E-state index contributed by atoms with van der Waals surface area (Å²) in [6.07, 6.45) is 5.71. The van der Waals surface area contributed by atoms with E-state index in [0.29, 0.717) is 39.9 Å². The molecule has 7 rings (SSSR count). The Labute approximate surface area is 206 Å². The molecular weight excluding hydrogens is 479 g/mol. The van der Waals surface area contributed by atoms with Gasteiger partial charge < -0.3 is 4.42 Å². The van der Waals surface area contributed by atoms with Gasteiger partial charge in [-0.25, -0.2) is 22.8 Å². The minimum absolute atomic E-state index is 0.0450. The standard InChI is InChI=1S/C27H21FN4O3S/c28-20-8-6-17(7-9-20)25-23(12-32(31-25)21-13-36(33,34)14-21)26-22-11-24(35-27(22)30-15-29-26)19-3-1-2-18(10-19)16-4-5-16/h1-3,6-12,15-16,21H,4-5,13-14H2. The molecule has 2 aromatic carbocycles. The molecule has 1 saturated heterocycles. The highest BCUT2D eigenvalue weighted by Gasteiger charge is 2.36. The van der Waals surface area contributed by atoms with Gasteiger partial charge in [0.25, 0.3) is 0 Å². The minimum Gasteiger partial charge on any atom is -0.438 e. The molecule has 0 radical (unpaired) electrons. The molecule has 4 heterocycles. The van der Waals surface area contributed by atoms with Crippen LogP contribution >= 0.6 is 0 Å². The van der Waals surface area contributed by atoms with Gasteiger partial charge in [0.15, 0.2) is 9.84 Å². The lowest BCUT2D eigenvalue weighted by Crippen LogP contribution is -2.38. The molecule has 0 unspecified atom stereocenters. The van der Waals surface area contributed by atoms with Crippen LogP contribution in [0.1, 0.15) is 30.4 Å². The largest absolute Gasteiger partial charge is 0.438 e. The third-order valence-electron chi connectivity index (χ3n) is 6.92. The van der Waals surface area contributed by atoms with Crippen molar-refractivity contribution in [3.63, 3.8) is 0 Å². The van der Waals surface area contributed by atoms with E-state index in [9.17, 15) is 12.8 Å². The van der Waals surface area contributed by atoms with Crippen LogP contribution in [0.15, 0.2) is 71.5 Å². The molecule has 0 spiro atoms. The zero-order valence-electron chi connectivity index (χ0n) is 19.1. The van der Waals surface area contributed by atoms with Crippen LogP contribution in [0.2, 0.25) is 0 Å². The molecule has 1 aliphatic carbocycles. The number of rotatable bonds is 5. The maximum absolute atomic E-state index is 13.6. The Morgan fingerprint density at radius 2 is 1.75 bits per heavy atom. The molecule has 9 heteroatoms. The number of hydrogen-bond acceptors (Lipinski definition) is 6. The second-order valence-corrected chi connectivity index (χ2v) is 11.7. The van der Waals surface area contributed by atoms with E-state index in [1.807, 2.05) is 24.4 Å². The average Bonchev–Trinajstić information content (AvgIpc) is 3.47. The fourth-order valence-corrected chi connectivity index (χ4v) is 6.22. The molecular formula is C27H21FN4O3S. The van der Waals surface area contributed by atoms with E-state index in [0.717, 1.165) is 10.9 Å². The maximum Gasteiger partial charge on any atom is 0.230 e. The second kappa shape index (κ2) is 7.83. The summed E-state index contributed by atoms with van der Waals surface area (Å²) in [4.78, 5) is 8.92. The van der Waals surface area contributed by atoms with Gasteiger partial charge in [0, 0.05) is 22.9 Å². The molecule has 2 aliphatic rings. The minimum atomic E-state index is -3.04. The summed E-state index contributed by atoms with van der Waals surface area (Å²) in [5, 5.41) is 5.45. The van der Waals surface area contributed by atoms with Crippen molar-refractivity contribution in [3.05, 3.63) is 78.5 Å². The van der Waals surface area contributed by atoms with Crippen LogP contribution in [-0.2, 0) is 9.84 Å². The smallest absolute Gasteiger partial charge is 0.230 e. The first-order valence-corrected chi connectivity index (χ1v) is 13.7. The van der Waals surface area contributed by atoms with Gasteiger partial charge in [-0.3, -0.25) is 4.68 Å². The third kappa shape index (κ3) is 3.71. The number of hydrogen-bond donors (Lipinski definition) is 0. The molecule has 0 N–H and O–H groups in total. The van der Waals surface area contributed by atoms with Crippen molar-refractivity contribution in [2.24, 2.45) is 0 Å². The Morgan fingerprint density at radius 3 is 2.50 bits per heavy atom. The first-order chi connectivity index (χ1) is 17.4. The summed E-state index contributed by atoms with van der Waals surface area (Å²) in [5.41, 5.74) is 5.39. The molecule has 180 valence electrons. The molecule has 1 aliphatic heterocycles. The van der Waals surface area contributed by atoms with E-state index in [1.54, 1.807) is 16.8 Å². The van der Waals surface area contributed by atoms with Gasteiger partial charge in [0.2, 0.25) is 5.71 Å². The predicted molar refractivity (Wildman–Crippen MR) is 134 cm³/mol. The van der Waals surface area contributed by atoms with Gasteiger partial charge in [-0.2, -0.15) is 5.10 Å². The van der Waals surface area contributed by atoms with E-state index < -0.39 is 9.84 Å². The van der Waals surface area contributed by atoms with Crippen LogP contribution in [0.5, 0.6) is 0 Å². The van der Waals surface area contributed by atoms with E-state index in [2.05, 4.69) is 22.1 Å². The van der Waals surface area contributed by atoms with E-state index in [-0.39, 0.29) is 23.4 Å². The van der Waals surface area contributed by atoms with Crippen LogP contribution in [0.4, 0.5) is 4.39 Å². The average molecular weight is 501 g/mol. The Morgan fingerprint density at radius 1 is 0.944 bits per heavy atom. The van der Waals surface area contributed by atoms with Crippen molar-refractivity contribution in [2.75, 3.05) is 11.5 Å². The summed E-state index contributed by atoms with van der Waals surface area (Å²) in [5.74, 6) is 1.08. The number of aromatic nitrogens is 4. The van der Waals surface area contributed by atoms with Gasteiger partial charge in [-0.15, -0.1) is 0 Å². The highest BCUT2D eigenvalue weighted by atomic mass is 32.2. The predicted octanol–water partition coefficient (Wildman–Crippen LogP) is 5.41. The van der Waals surface area contributed by atoms with Crippen molar-refractivity contribution in [1.29, 1.82) is 0 Å². The molecule has 36 heavy (non-hydrogen) atoms. The summed E-state index contributed by atoms with van der Waals surface area (Å²) < 4.78 is 45.1. The van der Waals surface area contributed by atoms with Crippen LogP contribution in [0.3, 0.4) is 0 Å².